The highest BCUT2D eigenvalue weighted by Gasteiger charge is 2.59. The van der Waals surface area contributed by atoms with E-state index in [0.29, 0.717) is 12.8 Å². The Labute approximate surface area is 212 Å². The minimum absolute atomic E-state index is 0.0264. The van der Waals surface area contributed by atoms with Crippen molar-refractivity contribution in [3.8, 4) is 0 Å². The van der Waals surface area contributed by atoms with Gasteiger partial charge in [0.2, 0.25) is 0 Å². The molecule has 2 fully saturated rings. The van der Waals surface area contributed by atoms with Crippen LogP contribution in [0, 0.1) is 6.57 Å². The molecule has 186 valence electrons. The van der Waals surface area contributed by atoms with Crippen LogP contribution >= 0.6 is 12.2 Å². The second kappa shape index (κ2) is 9.21. The number of rotatable bonds is 6. The molecular formula is C26H24F3N5OS. The number of carbonyl (C=O) groups excluding carboxylic acids is 1. The van der Waals surface area contributed by atoms with Crippen LogP contribution in [0.1, 0.15) is 43.2 Å². The number of alkyl halides is 3. The number of thiocarbonyl (C=S) groups is 1. The van der Waals surface area contributed by atoms with Crippen molar-refractivity contribution in [3.63, 3.8) is 0 Å². The number of amidine groups is 1. The van der Waals surface area contributed by atoms with E-state index in [4.69, 9.17) is 18.8 Å². The van der Waals surface area contributed by atoms with Crippen molar-refractivity contribution in [2.45, 2.75) is 50.2 Å². The minimum Gasteiger partial charge on any atom is -0.372 e. The molecule has 6 nitrogen and oxygen atoms in total. The van der Waals surface area contributed by atoms with Gasteiger partial charge < -0.3 is 10.2 Å². The lowest BCUT2D eigenvalue weighted by molar-refractivity contribution is -0.136. The fourth-order valence-corrected chi connectivity index (χ4v) is 5.55. The third-order valence-electron chi connectivity index (χ3n) is 7.07. The molecule has 0 unspecified atom stereocenters. The van der Waals surface area contributed by atoms with Crippen LogP contribution < -0.4 is 15.1 Å². The monoisotopic (exact) mass is 511 g/mol. The molecule has 10 heteroatoms. The van der Waals surface area contributed by atoms with Crippen molar-refractivity contribution in [1.82, 2.24) is 5.32 Å². The Morgan fingerprint density at radius 2 is 1.83 bits per heavy atom. The summed E-state index contributed by atoms with van der Waals surface area (Å²) in [5.74, 6) is 0.731. The Morgan fingerprint density at radius 1 is 1.11 bits per heavy atom. The van der Waals surface area contributed by atoms with Crippen LogP contribution in [0.25, 0.3) is 4.85 Å². The van der Waals surface area contributed by atoms with Gasteiger partial charge in [-0.25, -0.2) is 4.85 Å². The molecule has 0 aromatic heterocycles. The van der Waals surface area contributed by atoms with Gasteiger partial charge in [0, 0.05) is 24.3 Å². The highest BCUT2D eigenvalue weighted by atomic mass is 32.1. The average Bonchev–Trinajstić information content (AvgIpc) is 3.42. The highest BCUT2D eigenvalue weighted by Crippen LogP contribution is 2.48. The summed E-state index contributed by atoms with van der Waals surface area (Å²) in [6, 6.07) is 11.2. The first kappa shape index (κ1) is 24.3. The van der Waals surface area contributed by atoms with Crippen LogP contribution in [0.15, 0.2) is 47.5 Å². The predicted molar refractivity (Wildman–Crippen MR) is 137 cm³/mol. The first-order valence-corrected chi connectivity index (χ1v) is 12.3. The molecule has 5 rings (SSSR count). The maximum absolute atomic E-state index is 13.6. The molecule has 2 aromatic rings. The van der Waals surface area contributed by atoms with Crippen LogP contribution in [0.5, 0.6) is 0 Å². The molecule has 1 spiro atoms. The summed E-state index contributed by atoms with van der Waals surface area (Å²) >= 11 is 5.68. The third-order valence-corrected chi connectivity index (χ3v) is 7.44. The zero-order valence-electron chi connectivity index (χ0n) is 19.4. The number of aryl methyl sites for hydroxylation is 1. The summed E-state index contributed by atoms with van der Waals surface area (Å²) in [5.41, 5.74) is -0.548. The zero-order chi connectivity index (χ0) is 25.5. The smallest absolute Gasteiger partial charge is 0.372 e. The maximum Gasteiger partial charge on any atom is 0.407 e. The van der Waals surface area contributed by atoms with Crippen molar-refractivity contribution in [2.24, 2.45) is 4.99 Å². The summed E-state index contributed by atoms with van der Waals surface area (Å²) in [7, 11) is 0. The van der Waals surface area contributed by atoms with Gasteiger partial charge >= 0.3 is 6.18 Å². The number of carbonyl (C=O) groups is 1. The van der Waals surface area contributed by atoms with Gasteiger partial charge in [-0.3, -0.25) is 14.7 Å². The molecule has 36 heavy (non-hydrogen) atoms. The lowest BCUT2D eigenvalue weighted by Crippen LogP contribution is -2.55. The number of hydrogen-bond donors (Lipinski definition) is 1. The van der Waals surface area contributed by atoms with E-state index in [0.717, 1.165) is 68.0 Å². The average molecular weight is 512 g/mol. The molecule has 1 amide bonds. The summed E-state index contributed by atoms with van der Waals surface area (Å²) in [6.07, 6.45) is 0.0123. The van der Waals surface area contributed by atoms with E-state index in [1.165, 1.54) is 11.0 Å². The Morgan fingerprint density at radius 3 is 2.42 bits per heavy atom. The Kier molecular flexibility index (Phi) is 6.20. The standard InChI is InChI=1S/C26H24F3N5OS/c1-30-21-11-10-19(16-20(21)26(27,28)29)33-23(35)25(12-3-13-25)34(24(33)36)18-8-6-17(7-9-18)4-2-5-22-31-14-15-32-22/h6-11,16H,2-5,12-15H2,(H,31,32). The molecule has 0 bridgehead atoms. The van der Waals surface area contributed by atoms with Crippen LogP contribution in [0.4, 0.5) is 30.2 Å². The van der Waals surface area contributed by atoms with Crippen LogP contribution in [0.3, 0.4) is 0 Å². The molecule has 0 atom stereocenters. The van der Waals surface area contributed by atoms with Crippen molar-refractivity contribution < 1.29 is 18.0 Å². The van der Waals surface area contributed by atoms with E-state index in [9.17, 15) is 18.0 Å². The number of nitrogens with zero attached hydrogens (tertiary/aromatic N) is 4. The SMILES string of the molecule is [C-]#[N+]c1ccc(N2C(=O)C3(CCC3)N(c3ccc(CCCC4=NCCN4)cc3)C2=S)cc1C(F)(F)F. The number of aliphatic imine (C=N–C) groups is 1. The Bertz CT molecular complexity index is 1280. The number of benzene rings is 2. The second-order valence-electron chi connectivity index (χ2n) is 9.23. The normalized spacial score (nSPS) is 18.8. The highest BCUT2D eigenvalue weighted by molar-refractivity contribution is 7.81. The maximum atomic E-state index is 13.6. The number of anilines is 2. The summed E-state index contributed by atoms with van der Waals surface area (Å²) < 4.78 is 40.7. The number of amides is 1. The minimum atomic E-state index is -4.72. The topological polar surface area (TPSA) is 52.3 Å². The van der Waals surface area contributed by atoms with Gasteiger partial charge in [-0.05, 0) is 74.2 Å². The molecule has 3 aliphatic rings. The molecule has 2 aliphatic heterocycles. The Balaban J connectivity index is 1.40. The van der Waals surface area contributed by atoms with Gasteiger partial charge in [0.15, 0.2) is 10.8 Å². The fraction of sp³-hybridized carbons (Fsp3) is 0.385. The van der Waals surface area contributed by atoms with Crippen LogP contribution in [-0.2, 0) is 17.4 Å². The fourth-order valence-electron chi connectivity index (χ4n) is 5.08. The van der Waals surface area contributed by atoms with Crippen LogP contribution in [0.2, 0.25) is 0 Å². The first-order valence-electron chi connectivity index (χ1n) is 11.9. The largest absolute Gasteiger partial charge is 0.407 e. The van der Waals surface area contributed by atoms with Crippen molar-refractivity contribution in [2.75, 3.05) is 22.9 Å². The quantitative estimate of drug-likeness (QED) is 0.403. The number of halogens is 3. The molecule has 2 heterocycles. The van der Waals surface area contributed by atoms with Gasteiger partial charge in [-0.1, -0.05) is 18.2 Å². The van der Waals surface area contributed by atoms with E-state index in [-0.39, 0.29) is 16.7 Å². The third kappa shape index (κ3) is 4.11. The number of hydrogen-bond acceptors (Lipinski definition) is 4. The van der Waals surface area contributed by atoms with Crippen molar-refractivity contribution in [1.29, 1.82) is 0 Å². The van der Waals surface area contributed by atoms with Gasteiger partial charge in [-0.2, -0.15) is 13.2 Å². The summed E-state index contributed by atoms with van der Waals surface area (Å²) in [6.45, 7) is 8.81. The van der Waals surface area contributed by atoms with E-state index < -0.39 is 23.0 Å². The molecule has 1 aliphatic carbocycles. The zero-order valence-corrected chi connectivity index (χ0v) is 20.3. The molecule has 1 saturated carbocycles. The van der Waals surface area contributed by atoms with E-state index in [2.05, 4.69) is 15.2 Å². The van der Waals surface area contributed by atoms with E-state index >= 15 is 0 Å². The van der Waals surface area contributed by atoms with Gasteiger partial charge in [-0.15, -0.1) is 0 Å². The second-order valence-corrected chi connectivity index (χ2v) is 9.60. The van der Waals surface area contributed by atoms with E-state index in [1.807, 2.05) is 24.3 Å². The first-order chi connectivity index (χ1) is 17.2. The van der Waals surface area contributed by atoms with Crippen molar-refractivity contribution >= 4 is 46.1 Å². The molecule has 1 N–H and O–H groups in total. The van der Waals surface area contributed by atoms with Crippen molar-refractivity contribution in [3.05, 3.63) is 65.0 Å². The molecule has 1 saturated heterocycles. The van der Waals surface area contributed by atoms with Gasteiger partial charge in [0.1, 0.15) is 5.54 Å². The van der Waals surface area contributed by atoms with Crippen LogP contribution in [-0.4, -0.2) is 35.5 Å². The molecular weight excluding hydrogens is 487 g/mol. The molecule has 0 radical (unpaired) electrons. The van der Waals surface area contributed by atoms with Gasteiger partial charge in [0.25, 0.3) is 5.91 Å². The lowest BCUT2D eigenvalue weighted by Gasteiger charge is -2.43. The Hall–Kier alpha value is -3.45. The lowest BCUT2D eigenvalue weighted by atomic mass is 9.75. The predicted octanol–water partition coefficient (Wildman–Crippen LogP) is 5.64. The van der Waals surface area contributed by atoms with E-state index in [1.54, 1.807) is 4.90 Å². The van der Waals surface area contributed by atoms with Gasteiger partial charge in [0.05, 0.1) is 24.5 Å². The number of nitrogens with one attached hydrogen (secondary N) is 1. The summed E-state index contributed by atoms with van der Waals surface area (Å²) in [5, 5.41) is 3.43. The summed E-state index contributed by atoms with van der Waals surface area (Å²) in [4.78, 5) is 24.0. The molecule has 2 aromatic carbocycles.